The first-order valence-corrected chi connectivity index (χ1v) is 7.40. The lowest BCUT2D eigenvalue weighted by Gasteiger charge is -2.24. The second-order valence-corrected chi connectivity index (χ2v) is 5.20. The molecule has 0 spiro atoms. The van der Waals surface area contributed by atoms with Crippen LogP contribution in [-0.2, 0) is 6.54 Å². The molecule has 0 unspecified atom stereocenters. The third-order valence-corrected chi connectivity index (χ3v) is 3.52. The SMILES string of the molecule is CCN(C[C@@H](O)c1ccc(C)cc1)C(=O)NCc1ccco1. The molecule has 0 bridgehead atoms. The number of aryl methyl sites for hydroxylation is 1. The van der Waals surface area contributed by atoms with Crippen LogP contribution in [0.4, 0.5) is 4.79 Å². The number of nitrogens with one attached hydrogen (secondary N) is 1. The minimum atomic E-state index is -0.699. The number of carbonyl (C=O) groups is 1. The number of likely N-dealkylation sites (N-methyl/N-ethyl adjacent to an activating group) is 1. The van der Waals surface area contributed by atoms with Crippen molar-refractivity contribution < 1.29 is 14.3 Å². The smallest absolute Gasteiger partial charge is 0.317 e. The molecule has 1 heterocycles. The van der Waals surface area contributed by atoms with E-state index in [0.29, 0.717) is 18.8 Å². The number of amides is 2. The number of furan rings is 1. The van der Waals surface area contributed by atoms with E-state index in [1.54, 1.807) is 23.3 Å². The fourth-order valence-corrected chi connectivity index (χ4v) is 2.15. The zero-order valence-corrected chi connectivity index (χ0v) is 13.0. The molecule has 0 fully saturated rings. The summed E-state index contributed by atoms with van der Waals surface area (Å²) in [4.78, 5) is 13.7. The van der Waals surface area contributed by atoms with E-state index in [2.05, 4.69) is 5.32 Å². The Hall–Kier alpha value is -2.27. The van der Waals surface area contributed by atoms with E-state index in [0.717, 1.165) is 11.1 Å². The normalized spacial score (nSPS) is 12.0. The van der Waals surface area contributed by atoms with Gasteiger partial charge in [0.05, 0.1) is 25.5 Å². The Kier molecular flexibility index (Phi) is 5.61. The Morgan fingerprint density at radius 1 is 1.32 bits per heavy atom. The molecule has 0 aliphatic heterocycles. The van der Waals surface area contributed by atoms with Crippen molar-refractivity contribution in [3.05, 3.63) is 59.5 Å². The van der Waals surface area contributed by atoms with Gasteiger partial charge in [-0.25, -0.2) is 4.79 Å². The van der Waals surface area contributed by atoms with Crippen LogP contribution < -0.4 is 5.32 Å². The van der Waals surface area contributed by atoms with Gasteiger partial charge < -0.3 is 19.7 Å². The molecule has 5 nitrogen and oxygen atoms in total. The van der Waals surface area contributed by atoms with E-state index in [1.807, 2.05) is 38.1 Å². The van der Waals surface area contributed by atoms with E-state index in [4.69, 9.17) is 4.42 Å². The highest BCUT2D eigenvalue weighted by molar-refractivity contribution is 5.74. The first-order valence-electron chi connectivity index (χ1n) is 7.40. The summed E-state index contributed by atoms with van der Waals surface area (Å²) < 4.78 is 5.18. The summed E-state index contributed by atoms with van der Waals surface area (Å²) in [7, 11) is 0. The maximum atomic E-state index is 12.2. The van der Waals surface area contributed by atoms with Crippen LogP contribution in [0.25, 0.3) is 0 Å². The Bertz CT molecular complexity index is 578. The molecule has 2 N–H and O–H groups in total. The fourth-order valence-electron chi connectivity index (χ4n) is 2.15. The largest absolute Gasteiger partial charge is 0.467 e. The van der Waals surface area contributed by atoms with Crippen LogP contribution in [0.15, 0.2) is 47.1 Å². The third-order valence-electron chi connectivity index (χ3n) is 3.52. The predicted octanol–water partition coefficient (Wildman–Crippen LogP) is 2.85. The lowest BCUT2D eigenvalue weighted by Crippen LogP contribution is -2.41. The van der Waals surface area contributed by atoms with Crippen molar-refractivity contribution in [2.24, 2.45) is 0 Å². The summed E-state index contributed by atoms with van der Waals surface area (Å²) >= 11 is 0. The second kappa shape index (κ2) is 7.66. The average molecular weight is 302 g/mol. The van der Waals surface area contributed by atoms with Crippen LogP contribution in [0.5, 0.6) is 0 Å². The molecule has 0 aliphatic carbocycles. The van der Waals surface area contributed by atoms with Crippen molar-refractivity contribution in [3.8, 4) is 0 Å². The maximum Gasteiger partial charge on any atom is 0.317 e. The molecule has 2 rings (SSSR count). The molecule has 0 radical (unpaired) electrons. The lowest BCUT2D eigenvalue weighted by atomic mass is 10.1. The quantitative estimate of drug-likeness (QED) is 0.862. The van der Waals surface area contributed by atoms with Crippen LogP contribution in [0.3, 0.4) is 0 Å². The van der Waals surface area contributed by atoms with Gasteiger partial charge in [0.25, 0.3) is 0 Å². The van der Waals surface area contributed by atoms with Crippen LogP contribution in [0, 0.1) is 6.92 Å². The molecule has 1 atom stereocenters. The monoisotopic (exact) mass is 302 g/mol. The summed E-state index contributed by atoms with van der Waals surface area (Å²) in [5.41, 5.74) is 1.95. The zero-order valence-electron chi connectivity index (χ0n) is 13.0. The van der Waals surface area contributed by atoms with Gasteiger partial charge >= 0.3 is 6.03 Å². The summed E-state index contributed by atoms with van der Waals surface area (Å²) in [6, 6.07) is 11.0. The van der Waals surface area contributed by atoms with Crippen LogP contribution in [0.1, 0.15) is 29.9 Å². The van der Waals surface area contributed by atoms with Gasteiger partial charge in [0.1, 0.15) is 5.76 Å². The van der Waals surface area contributed by atoms with Gasteiger partial charge in [-0.15, -0.1) is 0 Å². The van der Waals surface area contributed by atoms with Gasteiger partial charge in [0, 0.05) is 6.54 Å². The third kappa shape index (κ3) is 4.36. The van der Waals surface area contributed by atoms with Crippen LogP contribution >= 0.6 is 0 Å². The van der Waals surface area contributed by atoms with Crippen molar-refractivity contribution in [1.82, 2.24) is 10.2 Å². The Labute approximate surface area is 130 Å². The fraction of sp³-hybridized carbons (Fsp3) is 0.353. The van der Waals surface area contributed by atoms with Crippen LogP contribution in [-0.4, -0.2) is 29.1 Å². The highest BCUT2D eigenvalue weighted by Gasteiger charge is 2.17. The molecular weight excluding hydrogens is 280 g/mol. The number of hydrogen-bond acceptors (Lipinski definition) is 3. The van der Waals surface area contributed by atoms with Gasteiger partial charge in [-0.2, -0.15) is 0 Å². The van der Waals surface area contributed by atoms with Gasteiger partial charge in [-0.3, -0.25) is 0 Å². The number of aliphatic hydroxyl groups excluding tert-OH is 1. The summed E-state index contributed by atoms with van der Waals surface area (Å²) in [5.74, 6) is 0.698. The van der Waals surface area contributed by atoms with Gasteiger partial charge in [-0.05, 0) is 31.5 Å². The number of carbonyl (C=O) groups excluding carboxylic acids is 1. The molecule has 22 heavy (non-hydrogen) atoms. The molecule has 1 aromatic carbocycles. The van der Waals surface area contributed by atoms with Crippen molar-refractivity contribution in [2.75, 3.05) is 13.1 Å². The maximum absolute atomic E-state index is 12.2. The number of hydrogen-bond donors (Lipinski definition) is 2. The van der Waals surface area contributed by atoms with Crippen molar-refractivity contribution in [1.29, 1.82) is 0 Å². The summed E-state index contributed by atoms with van der Waals surface area (Å²) in [6.45, 7) is 4.99. The molecular formula is C17H22N2O3. The number of benzene rings is 1. The van der Waals surface area contributed by atoms with Crippen LogP contribution in [0.2, 0.25) is 0 Å². The van der Waals surface area contributed by atoms with E-state index < -0.39 is 6.10 Å². The van der Waals surface area contributed by atoms with Gasteiger partial charge in [-0.1, -0.05) is 29.8 Å². The van der Waals surface area contributed by atoms with E-state index >= 15 is 0 Å². The van der Waals surface area contributed by atoms with E-state index in [1.165, 1.54) is 0 Å². The first-order chi connectivity index (χ1) is 10.6. The minimum absolute atomic E-state index is 0.218. The van der Waals surface area contributed by atoms with Crippen molar-refractivity contribution >= 4 is 6.03 Å². The van der Waals surface area contributed by atoms with Crippen molar-refractivity contribution in [3.63, 3.8) is 0 Å². The summed E-state index contributed by atoms with van der Waals surface area (Å²) in [6.07, 6.45) is 0.871. The minimum Gasteiger partial charge on any atom is -0.467 e. The highest BCUT2D eigenvalue weighted by Crippen LogP contribution is 2.15. The Morgan fingerprint density at radius 2 is 2.05 bits per heavy atom. The molecule has 5 heteroatoms. The molecule has 2 amide bonds. The standard InChI is InChI=1S/C17H22N2O3/c1-3-19(17(21)18-11-15-5-4-10-22-15)12-16(20)14-8-6-13(2)7-9-14/h4-10,16,20H,3,11-12H2,1-2H3,(H,18,21)/t16-/m1/s1. The average Bonchev–Trinajstić information content (AvgIpc) is 3.04. The molecule has 118 valence electrons. The number of nitrogens with zero attached hydrogens (tertiary/aromatic N) is 1. The Balaban J connectivity index is 1.90. The number of urea groups is 1. The molecule has 1 aromatic heterocycles. The predicted molar refractivity (Wildman–Crippen MR) is 84.3 cm³/mol. The number of aliphatic hydroxyl groups is 1. The Morgan fingerprint density at radius 3 is 2.64 bits per heavy atom. The van der Waals surface area contributed by atoms with E-state index in [-0.39, 0.29) is 12.6 Å². The highest BCUT2D eigenvalue weighted by atomic mass is 16.3. The number of rotatable bonds is 6. The lowest BCUT2D eigenvalue weighted by molar-refractivity contribution is 0.123. The van der Waals surface area contributed by atoms with Crippen molar-refractivity contribution in [2.45, 2.75) is 26.5 Å². The van der Waals surface area contributed by atoms with E-state index in [9.17, 15) is 9.90 Å². The zero-order chi connectivity index (χ0) is 15.9. The second-order valence-electron chi connectivity index (χ2n) is 5.20. The first kappa shape index (κ1) is 16.1. The summed E-state index contributed by atoms with van der Waals surface area (Å²) in [5, 5.41) is 13.1. The molecule has 2 aromatic rings. The van der Waals surface area contributed by atoms with Gasteiger partial charge in [0.15, 0.2) is 0 Å². The molecule has 0 saturated carbocycles. The van der Waals surface area contributed by atoms with Gasteiger partial charge in [0.2, 0.25) is 0 Å². The topological polar surface area (TPSA) is 65.7 Å². The molecule has 0 aliphatic rings. The molecule has 0 saturated heterocycles.